The molecule has 1 heterocycles. The fourth-order valence-electron chi connectivity index (χ4n) is 3.47. The molecule has 142 valence electrons. The second kappa shape index (κ2) is 10.7. The molecule has 0 aromatic heterocycles. The number of aliphatic imine (C=N–C) groups is 1. The van der Waals surface area contributed by atoms with Crippen LogP contribution in [-0.2, 0) is 13.3 Å². The van der Waals surface area contributed by atoms with Crippen molar-refractivity contribution >= 4 is 14.5 Å². The van der Waals surface area contributed by atoms with Gasteiger partial charge in [0.25, 0.3) is 0 Å². The summed E-state index contributed by atoms with van der Waals surface area (Å²) in [5, 5.41) is 0. The first-order chi connectivity index (χ1) is 11.4. The maximum atomic E-state index is 6.07. The van der Waals surface area contributed by atoms with Crippen LogP contribution < -0.4 is 0 Å². The zero-order chi connectivity index (χ0) is 18.2. The van der Waals surface area contributed by atoms with Gasteiger partial charge in [0.15, 0.2) is 0 Å². The number of hydrogen-bond acceptors (Lipinski definition) is 5. The predicted octanol–water partition coefficient (Wildman–Crippen LogP) is 3.40. The van der Waals surface area contributed by atoms with Crippen LogP contribution in [0.2, 0.25) is 0 Å². The van der Waals surface area contributed by atoms with Gasteiger partial charge < -0.3 is 13.3 Å². The van der Waals surface area contributed by atoms with E-state index in [1.807, 2.05) is 20.8 Å². The van der Waals surface area contributed by atoms with Gasteiger partial charge in [-0.2, -0.15) is 0 Å². The van der Waals surface area contributed by atoms with Gasteiger partial charge in [-0.1, -0.05) is 27.7 Å². The fraction of sp³-hybridized carbons (Fsp3) is 0.944. The Morgan fingerprint density at radius 1 is 1.00 bits per heavy atom. The standard InChI is InChI=1S/C18H38N2O3Si/c1-8-21-24(22-9-2,23-10-3)17-11-13-20(17)14-12-19-18(15(4)5)16(6)7/h15-17H,8-14H2,1-7H3. The van der Waals surface area contributed by atoms with Gasteiger partial charge >= 0.3 is 8.80 Å². The minimum Gasteiger partial charge on any atom is -0.373 e. The molecule has 0 saturated carbocycles. The molecule has 1 saturated heterocycles. The van der Waals surface area contributed by atoms with Gasteiger partial charge in [0.2, 0.25) is 0 Å². The molecule has 1 unspecified atom stereocenters. The minimum absolute atomic E-state index is 0.286. The van der Waals surface area contributed by atoms with Gasteiger partial charge in [0.05, 0.1) is 12.2 Å². The van der Waals surface area contributed by atoms with E-state index in [1.54, 1.807) is 0 Å². The summed E-state index contributed by atoms with van der Waals surface area (Å²) in [7, 11) is -2.62. The Balaban J connectivity index is 2.71. The maximum Gasteiger partial charge on any atom is 0.519 e. The van der Waals surface area contributed by atoms with Crippen molar-refractivity contribution in [2.75, 3.05) is 39.5 Å². The number of nitrogens with zero attached hydrogens (tertiary/aromatic N) is 2. The Morgan fingerprint density at radius 2 is 1.50 bits per heavy atom. The summed E-state index contributed by atoms with van der Waals surface area (Å²) in [6.45, 7) is 19.8. The van der Waals surface area contributed by atoms with Crippen LogP contribution in [0.15, 0.2) is 4.99 Å². The summed E-state index contributed by atoms with van der Waals surface area (Å²) < 4.78 is 18.2. The zero-order valence-corrected chi connectivity index (χ0v) is 17.8. The number of likely N-dealkylation sites (tertiary alicyclic amines) is 1. The van der Waals surface area contributed by atoms with Gasteiger partial charge in [0, 0.05) is 32.1 Å². The first-order valence-electron chi connectivity index (χ1n) is 9.61. The summed E-state index contributed by atoms with van der Waals surface area (Å²) in [4.78, 5) is 7.31. The summed E-state index contributed by atoms with van der Waals surface area (Å²) >= 11 is 0. The van der Waals surface area contributed by atoms with E-state index in [9.17, 15) is 0 Å². The maximum absolute atomic E-state index is 6.07. The molecular weight excluding hydrogens is 320 g/mol. The number of rotatable bonds is 12. The van der Waals surface area contributed by atoms with E-state index >= 15 is 0 Å². The molecule has 0 spiro atoms. The van der Waals surface area contributed by atoms with Crippen molar-refractivity contribution in [3.8, 4) is 0 Å². The first-order valence-corrected chi connectivity index (χ1v) is 11.4. The van der Waals surface area contributed by atoms with Gasteiger partial charge in [-0.05, 0) is 45.6 Å². The third-order valence-corrected chi connectivity index (χ3v) is 7.98. The van der Waals surface area contributed by atoms with Gasteiger partial charge in [-0.15, -0.1) is 0 Å². The molecule has 1 rings (SSSR count). The van der Waals surface area contributed by atoms with Crippen molar-refractivity contribution in [2.24, 2.45) is 16.8 Å². The summed E-state index contributed by atoms with van der Waals surface area (Å²) in [5.74, 6) is 1.03. The van der Waals surface area contributed by atoms with E-state index < -0.39 is 8.80 Å². The molecule has 1 aliphatic heterocycles. The lowest BCUT2D eigenvalue weighted by molar-refractivity contribution is 0.00586. The zero-order valence-electron chi connectivity index (χ0n) is 16.8. The van der Waals surface area contributed by atoms with Crippen LogP contribution in [0.5, 0.6) is 0 Å². The van der Waals surface area contributed by atoms with E-state index in [2.05, 4.69) is 32.6 Å². The largest absolute Gasteiger partial charge is 0.519 e. The van der Waals surface area contributed by atoms with Crippen LogP contribution in [0.25, 0.3) is 0 Å². The van der Waals surface area contributed by atoms with Crippen molar-refractivity contribution in [2.45, 2.75) is 60.6 Å². The highest BCUT2D eigenvalue weighted by atomic mass is 28.4. The van der Waals surface area contributed by atoms with Crippen molar-refractivity contribution in [1.29, 1.82) is 0 Å². The summed E-state index contributed by atoms with van der Waals surface area (Å²) in [6.07, 6.45) is 1.09. The van der Waals surface area contributed by atoms with Gasteiger partial charge in [0.1, 0.15) is 0 Å². The predicted molar refractivity (Wildman–Crippen MR) is 103 cm³/mol. The van der Waals surface area contributed by atoms with Gasteiger partial charge in [-0.25, -0.2) is 0 Å². The SMILES string of the molecule is CCO[Si](OCC)(OCC)C1CCN1CCN=C(C(C)C)C(C)C. The van der Waals surface area contributed by atoms with Crippen molar-refractivity contribution < 1.29 is 13.3 Å². The molecule has 0 N–H and O–H groups in total. The highest BCUT2D eigenvalue weighted by Gasteiger charge is 2.55. The van der Waals surface area contributed by atoms with Crippen LogP contribution >= 0.6 is 0 Å². The van der Waals surface area contributed by atoms with E-state index in [1.165, 1.54) is 5.71 Å². The second-order valence-electron chi connectivity index (χ2n) is 6.86. The minimum atomic E-state index is -2.62. The quantitative estimate of drug-likeness (QED) is 0.396. The van der Waals surface area contributed by atoms with E-state index in [0.29, 0.717) is 31.7 Å². The topological polar surface area (TPSA) is 43.3 Å². The molecule has 0 aromatic carbocycles. The van der Waals surface area contributed by atoms with Crippen LogP contribution in [0.1, 0.15) is 54.9 Å². The van der Waals surface area contributed by atoms with E-state index in [4.69, 9.17) is 18.3 Å². The molecule has 0 aromatic rings. The highest BCUT2D eigenvalue weighted by molar-refractivity contribution is 6.62. The molecule has 0 radical (unpaired) electrons. The van der Waals surface area contributed by atoms with Crippen LogP contribution in [0, 0.1) is 11.8 Å². The van der Waals surface area contributed by atoms with Crippen LogP contribution in [-0.4, -0.2) is 64.5 Å². The van der Waals surface area contributed by atoms with Crippen molar-refractivity contribution in [3.05, 3.63) is 0 Å². The average molecular weight is 359 g/mol. The second-order valence-corrected chi connectivity index (χ2v) is 9.60. The van der Waals surface area contributed by atoms with Crippen LogP contribution in [0.3, 0.4) is 0 Å². The molecule has 0 bridgehead atoms. The Morgan fingerprint density at radius 3 is 1.83 bits per heavy atom. The molecule has 24 heavy (non-hydrogen) atoms. The molecule has 1 aliphatic rings. The fourth-order valence-corrected chi connectivity index (χ4v) is 6.69. The molecular formula is C18H38N2O3Si. The summed E-state index contributed by atoms with van der Waals surface area (Å²) in [6, 6.07) is 0. The molecule has 0 aliphatic carbocycles. The third-order valence-electron chi connectivity index (χ3n) is 4.44. The molecule has 5 nitrogen and oxygen atoms in total. The molecule has 0 amide bonds. The Kier molecular flexibility index (Phi) is 9.67. The van der Waals surface area contributed by atoms with Gasteiger partial charge in [-0.3, -0.25) is 9.89 Å². The normalized spacial score (nSPS) is 19.0. The van der Waals surface area contributed by atoms with Crippen LogP contribution in [0.4, 0.5) is 0 Å². The van der Waals surface area contributed by atoms with Crippen molar-refractivity contribution in [3.63, 3.8) is 0 Å². The van der Waals surface area contributed by atoms with E-state index in [0.717, 1.165) is 26.1 Å². The lowest BCUT2D eigenvalue weighted by Crippen LogP contribution is -2.69. The van der Waals surface area contributed by atoms with E-state index in [-0.39, 0.29) is 5.67 Å². The monoisotopic (exact) mass is 358 g/mol. The lowest BCUT2D eigenvalue weighted by atomic mass is 9.97. The summed E-state index contributed by atoms with van der Waals surface area (Å²) in [5.41, 5.74) is 1.60. The smallest absolute Gasteiger partial charge is 0.373 e. The molecule has 6 heteroatoms. The van der Waals surface area contributed by atoms with Crippen molar-refractivity contribution in [1.82, 2.24) is 4.90 Å². The lowest BCUT2D eigenvalue weighted by Gasteiger charge is -2.47. The number of hydrogen-bond donors (Lipinski definition) is 0. The first kappa shape index (κ1) is 21.8. The Bertz CT molecular complexity index is 361. The Hall–Kier alpha value is -0.273. The third kappa shape index (κ3) is 5.63. The average Bonchev–Trinajstić information content (AvgIpc) is 2.45. The molecule has 1 fully saturated rings. The molecule has 1 atom stereocenters. The highest BCUT2D eigenvalue weighted by Crippen LogP contribution is 2.29. The Labute approximate surface area is 150 Å².